The lowest BCUT2D eigenvalue weighted by atomic mass is 9.73. The van der Waals surface area contributed by atoms with Crippen molar-refractivity contribution in [2.45, 2.75) is 46.3 Å². The van der Waals surface area contributed by atoms with Crippen molar-refractivity contribution in [2.24, 2.45) is 5.41 Å². The Labute approximate surface area is 215 Å². The number of carbonyl (C=O) groups excluding carboxylic acids is 2. The molecular formula is C28H27ClN4O3. The number of hydrogen-bond donors (Lipinski definition) is 1. The number of ketones is 1. The van der Waals surface area contributed by atoms with E-state index in [-0.39, 0.29) is 17.1 Å². The Balaban J connectivity index is 1.60. The van der Waals surface area contributed by atoms with Crippen LogP contribution in [0.5, 0.6) is 5.75 Å². The third-order valence-electron chi connectivity index (χ3n) is 6.56. The van der Waals surface area contributed by atoms with Gasteiger partial charge in [0.1, 0.15) is 12.4 Å². The van der Waals surface area contributed by atoms with Crippen LogP contribution in [0, 0.1) is 5.41 Å². The molecule has 8 heteroatoms. The Hall–Kier alpha value is -3.71. The average molecular weight is 503 g/mol. The number of benzene rings is 1. The maximum absolute atomic E-state index is 13.6. The van der Waals surface area contributed by atoms with Crippen LogP contribution in [0.15, 0.2) is 72.5 Å². The molecule has 0 saturated heterocycles. The van der Waals surface area contributed by atoms with Crippen molar-refractivity contribution < 1.29 is 14.3 Å². The van der Waals surface area contributed by atoms with Crippen LogP contribution >= 0.6 is 11.6 Å². The van der Waals surface area contributed by atoms with Gasteiger partial charge in [-0.1, -0.05) is 31.5 Å². The van der Waals surface area contributed by atoms with Gasteiger partial charge in [0.2, 0.25) is 5.91 Å². The normalized spacial score (nSPS) is 18.6. The number of pyridine rings is 2. The molecule has 36 heavy (non-hydrogen) atoms. The van der Waals surface area contributed by atoms with E-state index in [1.165, 1.54) is 6.92 Å². The number of hydrogen-bond acceptors (Lipinski definition) is 6. The predicted molar refractivity (Wildman–Crippen MR) is 139 cm³/mol. The number of nitrogens with one attached hydrogen (secondary N) is 1. The summed E-state index contributed by atoms with van der Waals surface area (Å²) in [6, 6.07) is 10.3. The first-order chi connectivity index (χ1) is 17.2. The fraction of sp³-hybridized carbons (Fsp3) is 0.286. The topological polar surface area (TPSA) is 84.4 Å². The van der Waals surface area contributed by atoms with Crippen LogP contribution in [0.1, 0.15) is 50.8 Å². The van der Waals surface area contributed by atoms with Gasteiger partial charge in [-0.05, 0) is 53.3 Å². The number of ether oxygens (including phenoxy) is 1. The fourth-order valence-corrected chi connectivity index (χ4v) is 5.27. The third kappa shape index (κ3) is 4.58. The lowest BCUT2D eigenvalue weighted by Gasteiger charge is -2.37. The van der Waals surface area contributed by atoms with E-state index in [1.807, 2.05) is 24.3 Å². The second-order valence-electron chi connectivity index (χ2n) is 9.97. The second-order valence-corrected chi connectivity index (χ2v) is 10.4. The molecule has 3 heterocycles. The van der Waals surface area contributed by atoms with Gasteiger partial charge in [-0.3, -0.25) is 24.5 Å². The Morgan fingerprint density at radius 3 is 2.61 bits per heavy atom. The van der Waals surface area contributed by atoms with E-state index in [0.717, 1.165) is 11.3 Å². The van der Waals surface area contributed by atoms with E-state index >= 15 is 0 Å². The summed E-state index contributed by atoms with van der Waals surface area (Å²) in [7, 11) is 0. The summed E-state index contributed by atoms with van der Waals surface area (Å²) in [6.07, 6.45) is 7.80. The molecule has 0 fully saturated rings. The Kier molecular flexibility index (Phi) is 6.26. The van der Waals surface area contributed by atoms with Gasteiger partial charge in [0.25, 0.3) is 0 Å². The highest BCUT2D eigenvalue weighted by Crippen LogP contribution is 2.49. The lowest BCUT2D eigenvalue weighted by Crippen LogP contribution is -2.38. The van der Waals surface area contributed by atoms with Crippen LogP contribution in [-0.2, 0) is 16.2 Å². The van der Waals surface area contributed by atoms with Gasteiger partial charge in [0.15, 0.2) is 5.78 Å². The quantitative estimate of drug-likeness (QED) is 0.480. The molecule has 1 unspecified atom stereocenters. The average Bonchev–Trinajstić information content (AvgIpc) is 2.97. The maximum atomic E-state index is 13.6. The summed E-state index contributed by atoms with van der Waals surface area (Å²) in [5, 5.41) is 3.85. The zero-order chi connectivity index (χ0) is 25.4. The van der Waals surface area contributed by atoms with Crippen LogP contribution in [-0.4, -0.2) is 21.7 Å². The monoisotopic (exact) mass is 502 g/mol. The highest BCUT2D eigenvalue weighted by molar-refractivity contribution is 6.31. The molecule has 0 radical (unpaired) electrons. The van der Waals surface area contributed by atoms with Gasteiger partial charge in [0.05, 0.1) is 23.6 Å². The van der Waals surface area contributed by atoms with Gasteiger partial charge >= 0.3 is 0 Å². The fourth-order valence-electron chi connectivity index (χ4n) is 5.00. The molecule has 0 bridgehead atoms. The molecule has 1 aliphatic carbocycles. The van der Waals surface area contributed by atoms with Crippen LogP contribution in [0.4, 0.5) is 11.4 Å². The van der Waals surface area contributed by atoms with Crippen LogP contribution in [0.3, 0.4) is 0 Å². The molecular weight excluding hydrogens is 476 g/mol. The van der Waals surface area contributed by atoms with E-state index in [9.17, 15) is 9.59 Å². The minimum absolute atomic E-state index is 0.000143. The maximum Gasteiger partial charge on any atom is 0.224 e. The third-order valence-corrected chi connectivity index (χ3v) is 6.88. The van der Waals surface area contributed by atoms with E-state index in [1.54, 1.807) is 41.8 Å². The number of Topliss-reactive ketones (excluding diaryl/α,β-unsaturated/α-hetero) is 1. The number of rotatable bonds is 4. The zero-order valence-corrected chi connectivity index (χ0v) is 21.2. The van der Waals surface area contributed by atoms with Gasteiger partial charge < -0.3 is 10.1 Å². The summed E-state index contributed by atoms with van der Waals surface area (Å²) in [5.74, 6) is 0.395. The van der Waals surface area contributed by atoms with Gasteiger partial charge in [0, 0.05) is 48.2 Å². The van der Waals surface area contributed by atoms with E-state index in [2.05, 4.69) is 29.1 Å². The number of amides is 1. The molecule has 0 saturated carbocycles. The molecule has 0 spiro atoms. The summed E-state index contributed by atoms with van der Waals surface area (Å²) < 4.78 is 5.93. The summed E-state index contributed by atoms with van der Waals surface area (Å²) in [4.78, 5) is 36.6. The number of fused-ring (bicyclic) bond motifs is 1. The smallest absolute Gasteiger partial charge is 0.224 e. The Morgan fingerprint density at radius 2 is 1.89 bits per heavy atom. The molecule has 3 aromatic rings. The van der Waals surface area contributed by atoms with Crippen LogP contribution in [0.25, 0.3) is 0 Å². The van der Waals surface area contributed by atoms with E-state index in [4.69, 9.17) is 16.3 Å². The minimum Gasteiger partial charge on any atom is -0.489 e. The summed E-state index contributed by atoms with van der Waals surface area (Å²) >= 11 is 6.84. The highest BCUT2D eigenvalue weighted by Gasteiger charge is 2.43. The zero-order valence-electron chi connectivity index (χ0n) is 20.4. The van der Waals surface area contributed by atoms with Crippen LogP contribution < -0.4 is 15.0 Å². The first-order valence-corrected chi connectivity index (χ1v) is 12.2. The number of allylic oxidation sites excluding steroid dienone is 1. The molecule has 7 nitrogen and oxygen atoms in total. The largest absolute Gasteiger partial charge is 0.489 e. The van der Waals surface area contributed by atoms with Crippen molar-refractivity contribution in [3.05, 3.63) is 88.6 Å². The van der Waals surface area contributed by atoms with E-state index in [0.29, 0.717) is 52.7 Å². The summed E-state index contributed by atoms with van der Waals surface area (Å²) in [6.45, 7) is 6.02. The first-order valence-electron chi connectivity index (χ1n) is 11.8. The molecule has 1 aliphatic heterocycles. The Morgan fingerprint density at radius 1 is 1.14 bits per heavy atom. The number of anilines is 2. The van der Waals surface area contributed by atoms with E-state index < -0.39 is 6.04 Å². The Bertz CT molecular complexity index is 1370. The van der Waals surface area contributed by atoms with Gasteiger partial charge in [-0.15, -0.1) is 0 Å². The number of carbonyl (C=O) groups is 2. The second kappa shape index (κ2) is 9.39. The minimum atomic E-state index is -0.681. The molecule has 1 aromatic carbocycles. The molecule has 1 amide bonds. The van der Waals surface area contributed by atoms with Crippen molar-refractivity contribution in [3.8, 4) is 5.75 Å². The molecule has 184 valence electrons. The number of nitrogens with zero attached hydrogens (tertiary/aromatic N) is 3. The standard InChI is InChI=1S/C28H27ClN4O3/c1-17(34)33-24-8-11-31-15-23(24)32-22-13-28(2,3)14-25(35)26(22)27(33)20-5-4-19(12-21(20)29)36-16-18-6-9-30-10-7-18/h4-12,15,27,32H,13-14,16H2,1-3H3. The number of aromatic nitrogens is 2. The molecule has 5 rings (SSSR count). The highest BCUT2D eigenvalue weighted by atomic mass is 35.5. The summed E-state index contributed by atoms with van der Waals surface area (Å²) in [5.41, 5.74) is 4.13. The molecule has 2 aromatic heterocycles. The van der Waals surface area contributed by atoms with Crippen molar-refractivity contribution in [3.63, 3.8) is 0 Å². The molecule has 1 N–H and O–H groups in total. The SMILES string of the molecule is CC(=O)N1c2ccncc2NC2=C(C(=O)CC(C)(C)C2)C1c1ccc(OCc2ccncc2)cc1Cl. The van der Waals surface area contributed by atoms with Crippen molar-refractivity contribution in [1.82, 2.24) is 9.97 Å². The van der Waals surface area contributed by atoms with Gasteiger partial charge in [-0.25, -0.2) is 0 Å². The molecule has 1 atom stereocenters. The van der Waals surface area contributed by atoms with Gasteiger partial charge in [-0.2, -0.15) is 0 Å². The first kappa shape index (κ1) is 24.0. The molecule has 2 aliphatic rings. The predicted octanol–water partition coefficient (Wildman–Crippen LogP) is 5.87. The van der Waals surface area contributed by atoms with Crippen molar-refractivity contribution >= 4 is 34.7 Å². The number of halogens is 1. The van der Waals surface area contributed by atoms with Crippen molar-refractivity contribution in [1.29, 1.82) is 0 Å². The lowest BCUT2D eigenvalue weighted by molar-refractivity contribution is -0.118. The van der Waals surface area contributed by atoms with Crippen molar-refractivity contribution in [2.75, 3.05) is 10.2 Å². The van der Waals surface area contributed by atoms with Crippen LogP contribution in [0.2, 0.25) is 5.02 Å².